The average molecular weight is 246 g/mol. The third-order valence-corrected chi connectivity index (χ3v) is 2.24. The molecule has 0 unspecified atom stereocenters. The van der Waals surface area contributed by atoms with Crippen LogP contribution in [0.15, 0.2) is 18.2 Å². The third-order valence-electron chi connectivity index (χ3n) is 2.24. The van der Waals surface area contributed by atoms with Gasteiger partial charge in [-0.1, -0.05) is 12.1 Å². The van der Waals surface area contributed by atoms with Crippen LogP contribution in [0, 0.1) is 0 Å². The van der Waals surface area contributed by atoms with Crippen LogP contribution in [0.2, 0.25) is 0 Å². The third kappa shape index (κ3) is 2.37. The van der Waals surface area contributed by atoms with Gasteiger partial charge in [-0.2, -0.15) is 0 Å². The molecule has 0 aromatic heterocycles. The summed E-state index contributed by atoms with van der Waals surface area (Å²) in [6.45, 7) is 0.175. The summed E-state index contributed by atoms with van der Waals surface area (Å²) >= 11 is 0. The lowest BCUT2D eigenvalue weighted by Crippen LogP contribution is -2.32. The Morgan fingerprint density at radius 2 is 2.25 bits per heavy atom. The number of hydrogen-bond donors (Lipinski definition) is 2. The Kier molecular flexibility index (Phi) is 3.98. The zero-order chi connectivity index (χ0) is 10.8. The van der Waals surface area contributed by atoms with E-state index in [0.29, 0.717) is 11.5 Å². The van der Waals surface area contributed by atoms with E-state index in [2.05, 4.69) is 0 Å². The molecule has 0 saturated carbocycles. The Balaban J connectivity index is 0.00000128. The molecule has 1 aliphatic rings. The van der Waals surface area contributed by atoms with Crippen LogP contribution in [0.3, 0.4) is 0 Å². The number of aliphatic carboxylic acids is 1. The van der Waals surface area contributed by atoms with Crippen molar-refractivity contribution in [2.24, 2.45) is 5.73 Å². The van der Waals surface area contributed by atoms with Crippen LogP contribution in [-0.2, 0) is 11.2 Å². The molecule has 0 spiro atoms. The maximum atomic E-state index is 10.6. The van der Waals surface area contributed by atoms with Crippen LogP contribution in [0.1, 0.15) is 5.56 Å². The molecule has 5 nitrogen and oxygen atoms in total. The average Bonchev–Trinajstić information content (AvgIpc) is 2.66. The van der Waals surface area contributed by atoms with E-state index in [9.17, 15) is 4.79 Å². The minimum atomic E-state index is -1.02. The second-order valence-electron chi connectivity index (χ2n) is 3.30. The van der Waals surface area contributed by atoms with Crippen LogP contribution in [0.25, 0.3) is 0 Å². The number of para-hydroxylation sites is 1. The monoisotopic (exact) mass is 245 g/mol. The van der Waals surface area contributed by atoms with Gasteiger partial charge in [-0.15, -0.1) is 12.4 Å². The van der Waals surface area contributed by atoms with Gasteiger partial charge in [0.15, 0.2) is 11.5 Å². The normalized spacial score (nSPS) is 14.1. The summed E-state index contributed by atoms with van der Waals surface area (Å²) in [6.07, 6.45) is 0.238. The highest BCUT2D eigenvalue weighted by atomic mass is 35.5. The molecule has 2 rings (SSSR count). The van der Waals surface area contributed by atoms with E-state index in [1.165, 1.54) is 0 Å². The Morgan fingerprint density at radius 3 is 2.94 bits per heavy atom. The number of halogens is 1. The van der Waals surface area contributed by atoms with Gasteiger partial charge < -0.3 is 20.3 Å². The maximum absolute atomic E-state index is 10.6. The quantitative estimate of drug-likeness (QED) is 0.823. The summed E-state index contributed by atoms with van der Waals surface area (Å²) in [5.41, 5.74) is 6.21. The molecule has 88 valence electrons. The summed E-state index contributed by atoms with van der Waals surface area (Å²) in [6, 6.07) is 4.44. The number of hydrogen-bond acceptors (Lipinski definition) is 4. The van der Waals surface area contributed by atoms with Crippen molar-refractivity contribution in [1.29, 1.82) is 0 Å². The van der Waals surface area contributed by atoms with Gasteiger partial charge in [-0.25, -0.2) is 0 Å². The fourth-order valence-corrected chi connectivity index (χ4v) is 1.48. The van der Waals surface area contributed by atoms with Crippen LogP contribution in [-0.4, -0.2) is 23.9 Å². The largest absolute Gasteiger partial charge is 0.480 e. The topological polar surface area (TPSA) is 81.8 Å². The maximum Gasteiger partial charge on any atom is 0.320 e. The summed E-state index contributed by atoms with van der Waals surface area (Å²) in [7, 11) is 0. The van der Waals surface area contributed by atoms with Gasteiger partial charge in [-0.05, 0) is 6.07 Å². The van der Waals surface area contributed by atoms with Crippen molar-refractivity contribution in [2.45, 2.75) is 12.5 Å². The van der Waals surface area contributed by atoms with E-state index in [1.807, 2.05) is 0 Å². The number of nitrogens with two attached hydrogens (primary N) is 1. The smallest absolute Gasteiger partial charge is 0.320 e. The van der Waals surface area contributed by atoms with E-state index in [-0.39, 0.29) is 25.6 Å². The van der Waals surface area contributed by atoms with Gasteiger partial charge in [-0.3, -0.25) is 4.79 Å². The van der Waals surface area contributed by atoms with E-state index in [4.69, 9.17) is 20.3 Å². The van der Waals surface area contributed by atoms with Gasteiger partial charge in [0.05, 0.1) is 0 Å². The van der Waals surface area contributed by atoms with Gasteiger partial charge in [0.25, 0.3) is 0 Å². The van der Waals surface area contributed by atoms with Crippen molar-refractivity contribution < 1.29 is 19.4 Å². The zero-order valence-corrected chi connectivity index (χ0v) is 9.20. The number of carboxylic acids is 1. The Hall–Kier alpha value is -1.46. The molecule has 0 radical (unpaired) electrons. The molecule has 0 saturated heterocycles. The number of benzene rings is 1. The van der Waals surface area contributed by atoms with Gasteiger partial charge in [0.1, 0.15) is 6.04 Å². The molecule has 0 aliphatic carbocycles. The minimum absolute atomic E-state index is 0. The molecule has 1 atom stereocenters. The van der Waals surface area contributed by atoms with Gasteiger partial charge >= 0.3 is 5.97 Å². The fourth-order valence-electron chi connectivity index (χ4n) is 1.48. The molecular weight excluding hydrogens is 234 g/mol. The van der Waals surface area contributed by atoms with Crippen LogP contribution in [0.4, 0.5) is 0 Å². The van der Waals surface area contributed by atoms with E-state index < -0.39 is 12.0 Å². The van der Waals surface area contributed by atoms with Crippen molar-refractivity contribution >= 4 is 18.4 Å². The fraction of sp³-hybridized carbons (Fsp3) is 0.300. The molecule has 0 amide bonds. The number of fused-ring (bicyclic) bond motifs is 1. The first-order valence-electron chi connectivity index (χ1n) is 4.54. The highest BCUT2D eigenvalue weighted by molar-refractivity contribution is 5.85. The van der Waals surface area contributed by atoms with E-state index in [0.717, 1.165) is 5.56 Å². The Morgan fingerprint density at radius 1 is 1.50 bits per heavy atom. The van der Waals surface area contributed by atoms with Gasteiger partial charge in [0.2, 0.25) is 6.79 Å². The first-order valence-corrected chi connectivity index (χ1v) is 4.54. The standard InChI is InChI=1S/C10H11NO4.ClH/c11-7(10(12)13)4-6-2-1-3-8-9(6)15-5-14-8;/h1-3,7H,4-5,11H2,(H,12,13);1H/t7-;/m0./s1. The summed E-state index contributed by atoms with van der Waals surface area (Å²) in [5.74, 6) is 0.228. The van der Waals surface area contributed by atoms with Crippen molar-refractivity contribution in [1.82, 2.24) is 0 Å². The number of carboxylic acid groups (broad SMARTS) is 1. The zero-order valence-electron chi connectivity index (χ0n) is 8.38. The lowest BCUT2D eigenvalue weighted by Gasteiger charge is -2.08. The lowest BCUT2D eigenvalue weighted by atomic mass is 10.1. The molecule has 1 aromatic carbocycles. The highest BCUT2D eigenvalue weighted by Crippen LogP contribution is 2.35. The van der Waals surface area contributed by atoms with Crippen molar-refractivity contribution in [3.05, 3.63) is 23.8 Å². The molecule has 3 N–H and O–H groups in total. The molecule has 1 aliphatic heterocycles. The molecule has 0 fully saturated rings. The Bertz CT molecular complexity index is 396. The molecule has 1 aromatic rings. The van der Waals surface area contributed by atoms with Crippen molar-refractivity contribution in [2.75, 3.05) is 6.79 Å². The van der Waals surface area contributed by atoms with E-state index in [1.54, 1.807) is 18.2 Å². The highest BCUT2D eigenvalue weighted by Gasteiger charge is 2.20. The molecule has 16 heavy (non-hydrogen) atoms. The number of ether oxygens (including phenoxy) is 2. The Labute approximate surface area is 98.6 Å². The number of rotatable bonds is 3. The van der Waals surface area contributed by atoms with Gasteiger partial charge in [0, 0.05) is 12.0 Å². The van der Waals surface area contributed by atoms with Crippen molar-refractivity contribution in [3.8, 4) is 11.5 Å². The summed E-state index contributed by atoms with van der Waals surface area (Å²) < 4.78 is 10.4. The number of carbonyl (C=O) groups is 1. The molecule has 0 bridgehead atoms. The molecular formula is C10H12ClNO4. The summed E-state index contributed by atoms with van der Waals surface area (Å²) in [4.78, 5) is 10.6. The molecule has 6 heteroatoms. The lowest BCUT2D eigenvalue weighted by molar-refractivity contribution is -0.138. The van der Waals surface area contributed by atoms with Crippen LogP contribution < -0.4 is 15.2 Å². The first-order chi connectivity index (χ1) is 7.18. The predicted molar refractivity (Wildman–Crippen MR) is 59.1 cm³/mol. The minimum Gasteiger partial charge on any atom is -0.480 e. The van der Waals surface area contributed by atoms with Crippen molar-refractivity contribution in [3.63, 3.8) is 0 Å². The second kappa shape index (κ2) is 5.05. The predicted octanol–water partition coefficient (Wildman–Crippen LogP) is 0.791. The van der Waals surface area contributed by atoms with Crippen LogP contribution in [0.5, 0.6) is 11.5 Å². The SMILES string of the molecule is Cl.N[C@@H](Cc1cccc2c1OCO2)C(=O)O. The van der Waals surface area contributed by atoms with Crippen LogP contribution >= 0.6 is 12.4 Å². The first kappa shape index (κ1) is 12.6. The van der Waals surface area contributed by atoms with E-state index >= 15 is 0 Å². The summed E-state index contributed by atoms with van der Waals surface area (Å²) in [5, 5.41) is 8.69. The second-order valence-corrected chi connectivity index (χ2v) is 3.30. The molecule has 1 heterocycles.